The van der Waals surface area contributed by atoms with Gasteiger partial charge in [-0.3, -0.25) is 9.59 Å². The standard InChI is InChI=1S/C24H27NO7/c1-6-32-24(29)18-13(3)25-16-11-12(2)17(23(28)31-5)21(26)20(16)19(18)14-7-9-15(10-8-14)22(27)30-4/h7-10,12,17,19,25H,6,11H2,1-5H3/t12-,17+,19+/m1/s1. The van der Waals surface area contributed by atoms with E-state index in [-0.39, 0.29) is 18.3 Å². The van der Waals surface area contributed by atoms with E-state index in [4.69, 9.17) is 14.2 Å². The van der Waals surface area contributed by atoms with E-state index < -0.39 is 29.7 Å². The van der Waals surface area contributed by atoms with Gasteiger partial charge >= 0.3 is 17.9 Å². The number of hydrogen-bond donors (Lipinski definition) is 1. The second kappa shape index (κ2) is 9.38. The summed E-state index contributed by atoms with van der Waals surface area (Å²) in [7, 11) is 2.54. The van der Waals surface area contributed by atoms with E-state index in [1.165, 1.54) is 14.2 Å². The zero-order chi connectivity index (χ0) is 23.6. The van der Waals surface area contributed by atoms with Crippen molar-refractivity contribution in [3.05, 3.63) is 57.9 Å². The first-order valence-corrected chi connectivity index (χ1v) is 10.4. The zero-order valence-electron chi connectivity index (χ0n) is 18.8. The lowest BCUT2D eigenvalue weighted by Gasteiger charge is -2.38. The van der Waals surface area contributed by atoms with E-state index in [0.717, 1.165) is 0 Å². The summed E-state index contributed by atoms with van der Waals surface area (Å²) in [6.07, 6.45) is 0.449. The number of hydrogen-bond acceptors (Lipinski definition) is 8. The minimum atomic E-state index is -0.959. The maximum Gasteiger partial charge on any atom is 0.337 e. The van der Waals surface area contributed by atoms with Gasteiger partial charge < -0.3 is 19.5 Å². The van der Waals surface area contributed by atoms with Crippen LogP contribution < -0.4 is 5.32 Å². The summed E-state index contributed by atoms with van der Waals surface area (Å²) in [5.41, 5.74) is 2.87. The molecule has 8 heteroatoms. The third kappa shape index (κ3) is 4.04. The number of nitrogens with one attached hydrogen (secondary N) is 1. The normalized spacial score (nSPS) is 22.7. The average Bonchev–Trinajstić information content (AvgIpc) is 2.77. The molecule has 1 N–H and O–H groups in total. The molecule has 8 nitrogen and oxygen atoms in total. The Balaban J connectivity index is 2.17. The van der Waals surface area contributed by atoms with Crippen LogP contribution in [0.5, 0.6) is 0 Å². The van der Waals surface area contributed by atoms with Gasteiger partial charge in [0.1, 0.15) is 5.92 Å². The van der Waals surface area contributed by atoms with E-state index in [2.05, 4.69) is 5.32 Å². The molecule has 3 atom stereocenters. The molecule has 0 saturated carbocycles. The van der Waals surface area contributed by atoms with Gasteiger partial charge in [-0.05, 0) is 43.9 Å². The lowest BCUT2D eigenvalue weighted by Crippen LogP contribution is -2.43. The Hall–Kier alpha value is -3.42. The van der Waals surface area contributed by atoms with Crippen molar-refractivity contribution in [1.82, 2.24) is 5.32 Å². The molecule has 0 unspecified atom stereocenters. The summed E-state index contributed by atoms with van der Waals surface area (Å²) in [4.78, 5) is 50.7. The van der Waals surface area contributed by atoms with Crippen molar-refractivity contribution in [3.63, 3.8) is 0 Å². The van der Waals surface area contributed by atoms with Gasteiger partial charge in [-0.2, -0.15) is 0 Å². The average molecular weight is 441 g/mol. The number of carbonyl (C=O) groups excluding carboxylic acids is 4. The largest absolute Gasteiger partial charge is 0.468 e. The molecule has 0 radical (unpaired) electrons. The molecule has 1 aromatic rings. The van der Waals surface area contributed by atoms with Crippen LogP contribution in [0.1, 0.15) is 49.0 Å². The highest BCUT2D eigenvalue weighted by Gasteiger charge is 2.47. The van der Waals surface area contributed by atoms with Crippen LogP contribution in [0.2, 0.25) is 0 Å². The van der Waals surface area contributed by atoms with Crippen molar-refractivity contribution in [3.8, 4) is 0 Å². The van der Waals surface area contributed by atoms with Crippen LogP contribution in [0.4, 0.5) is 0 Å². The van der Waals surface area contributed by atoms with Crippen molar-refractivity contribution >= 4 is 23.7 Å². The summed E-state index contributed by atoms with van der Waals surface area (Å²) in [6.45, 7) is 5.46. The van der Waals surface area contributed by atoms with Crippen LogP contribution in [0.15, 0.2) is 46.8 Å². The Morgan fingerprint density at radius 2 is 1.72 bits per heavy atom. The first-order valence-electron chi connectivity index (χ1n) is 10.4. The number of esters is 3. The summed E-state index contributed by atoms with van der Waals surface area (Å²) in [5, 5.41) is 3.20. The van der Waals surface area contributed by atoms with Crippen LogP contribution in [0, 0.1) is 11.8 Å². The Morgan fingerprint density at radius 3 is 2.28 bits per heavy atom. The number of benzene rings is 1. The van der Waals surface area contributed by atoms with Crippen LogP contribution >= 0.6 is 0 Å². The van der Waals surface area contributed by atoms with E-state index >= 15 is 0 Å². The Bertz CT molecular complexity index is 1020. The van der Waals surface area contributed by atoms with E-state index in [1.807, 2.05) is 6.92 Å². The molecular weight excluding hydrogens is 414 g/mol. The predicted octanol–water partition coefficient (Wildman–Crippen LogP) is 2.65. The highest BCUT2D eigenvalue weighted by Crippen LogP contribution is 2.45. The fourth-order valence-corrected chi connectivity index (χ4v) is 4.42. The minimum Gasteiger partial charge on any atom is -0.468 e. The summed E-state index contributed by atoms with van der Waals surface area (Å²) in [5.74, 6) is -3.99. The summed E-state index contributed by atoms with van der Waals surface area (Å²) < 4.78 is 14.9. The van der Waals surface area contributed by atoms with Gasteiger partial charge in [0.05, 0.1) is 32.0 Å². The first-order chi connectivity index (χ1) is 15.2. The maximum absolute atomic E-state index is 13.6. The Morgan fingerprint density at radius 1 is 1.06 bits per heavy atom. The molecule has 0 fully saturated rings. The van der Waals surface area contributed by atoms with Crippen molar-refractivity contribution in [2.45, 2.75) is 33.1 Å². The number of methoxy groups -OCH3 is 2. The molecule has 1 heterocycles. The third-order valence-electron chi connectivity index (χ3n) is 5.90. The number of dihydropyridines is 1. The second-order valence-electron chi connectivity index (χ2n) is 7.87. The Labute approximate surface area is 186 Å². The zero-order valence-corrected chi connectivity index (χ0v) is 18.8. The smallest absolute Gasteiger partial charge is 0.337 e. The molecule has 0 amide bonds. The molecule has 32 heavy (non-hydrogen) atoms. The van der Waals surface area contributed by atoms with E-state index in [9.17, 15) is 19.2 Å². The second-order valence-corrected chi connectivity index (χ2v) is 7.87. The van der Waals surface area contributed by atoms with Crippen molar-refractivity contribution < 1.29 is 33.4 Å². The molecule has 0 saturated heterocycles. The first kappa shape index (κ1) is 23.2. The fraction of sp³-hybridized carbons (Fsp3) is 0.417. The number of Topliss-reactive ketones (excluding diaryl/α,β-unsaturated/α-hetero) is 1. The summed E-state index contributed by atoms with van der Waals surface area (Å²) >= 11 is 0. The van der Waals surface area contributed by atoms with Crippen molar-refractivity contribution in [2.75, 3.05) is 20.8 Å². The minimum absolute atomic E-state index is 0.172. The number of allylic oxidation sites excluding steroid dienone is 3. The highest BCUT2D eigenvalue weighted by atomic mass is 16.5. The molecule has 0 aromatic heterocycles. The van der Waals surface area contributed by atoms with Crippen LogP contribution in [-0.4, -0.2) is 44.5 Å². The van der Waals surface area contributed by atoms with Gasteiger partial charge in [0.2, 0.25) is 0 Å². The van der Waals surface area contributed by atoms with Crippen LogP contribution in [-0.2, 0) is 28.6 Å². The molecule has 1 aliphatic heterocycles. The van der Waals surface area contributed by atoms with Gasteiger partial charge in [-0.25, -0.2) is 9.59 Å². The fourth-order valence-electron chi connectivity index (χ4n) is 4.42. The van der Waals surface area contributed by atoms with Gasteiger partial charge in [0, 0.05) is 22.9 Å². The molecule has 0 bridgehead atoms. The third-order valence-corrected chi connectivity index (χ3v) is 5.90. The number of carbonyl (C=O) groups is 4. The highest BCUT2D eigenvalue weighted by molar-refractivity contribution is 6.12. The van der Waals surface area contributed by atoms with Gasteiger partial charge in [0.25, 0.3) is 0 Å². The predicted molar refractivity (Wildman–Crippen MR) is 114 cm³/mol. The molecule has 0 spiro atoms. The molecule has 1 aromatic carbocycles. The van der Waals surface area contributed by atoms with Crippen LogP contribution in [0.25, 0.3) is 0 Å². The van der Waals surface area contributed by atoms with Crippen LogP contribution in [0.3, 0.4) is 0 Å². The summed E-state index contributed by atoms with van der Waals surface area (Å²) in [6, 6.07) is 6.51. The lowest BCUT2D eigenvalue weighted by atomic mass is 9.69. The lowest BCUT2D eigenvalue weighted by molar-refractivity contribution is -0.151. The topological polar surface area (TPSA) is 108 Å². The van der Waals surface area contributed by atoms with Crippen molar-refractivity contribution in [2.24, 2.45) is 11.8 Å². The monoisotopic (exact) mass is 441 g/mol. The SMILES string of the molecule is CCOC(=O)C1=C(C)NC2=C(C(=O)[C@@H](C(=O)OC)[C@H](C)C2)[C@H]1c1ccc(C(=O)OC)cc1. The van der Waals surface area contributed by atoms with Gasteiger partial charge in [0.15, 0.2) is 5.78 Å². The van der Waals surface area contributed by atoms with Gasteiger partial charge in [-0.1, -0.05) is 19.1 Å². The number of ketones is 1. The molecule has 2 aliphatic rings. The van der Waals surface area contributed by atoms with Crippen molar-refractivity contribution in [1.29, 1.82) is 0 Å². The quantitative estimate of drug-likeness (QED) is 0.422. The molecule has 170 valence electrons. The molecular formula is C24H27NO7. The van der Waals surface area contributed by atoms with E-state index in [0.29, 0.717) is 40.1 Å². The number of rotatable bonds is 5. The van der Waals surface area contributed by atoms with E-state index in [1.54, 1.807) is 38.1 Å². The maximum atomic E-state index is 13.6. The Kier molecular flexibility index (Phi) is 6.81. The molecule has 1 aliphatic carbocycles. The molecule has 3 rings (SSSR count). The number of ether oxygens (including phenoxy) is 3. The van der Waals surface area contributed by atoms with Gasteiger partial charge in [-0.15, -0.1) is 0 Å².